The zero-order chi connectivity index (χ0) is 22.6. The van der Waals surface area contributed by atoms with Gasteiger partial charge in [0.05, 0.1) is 10.6 Å². The number of sulfonamides is 1. The molecule has 0 aliphatic heterocycles. The van der Waals surface area contributed by atoms with Gasteiger partial charge in [-0.15, -0.1) is 22.7 Å². The Morgan fingerprint density at radius 1 is 1.09 bits per heavy atom. The molecule has 0 unspecified atom stereocenters. The van der Waals surface area contributed by atoms with Gasteiger partial charge >= 0.3 is 0 Å². The first-order valence-electron chi connectivity index (χ1n) is 9.05. The van der Waals surface area contributed by atoms with Crippen LogP contribution in [0, 0.1) is 17.1 Å². The molecule has 0 aliphatic rings. The zero-order valence-electron chi connectivity index (χ0n) is 16.2. The first-order valence-corrected chi connectivity index (χ1v) is 12.3. The van der Waals surface area contributed by atoms with Crippen LogP contribution in [-0.4, -0.2) is 18.4 Å². The molecule has 0 bridgehead atoms. The van der Waals surface area contributed by atoms with Gasteiger partial charge in [0.2, 0.25) is 0 Å². The number of benzene rings is 2. The smallest absolute Gasteiger partial charge is 0.263 e. The number of hydrogen-bond donors (Lipinski definition) is 2. The van der Waals surface area contributed by atoms with E-state index in [-0.39, 0.29) is 15.8 Å². The first-order chi connectivity index (χ1) is 15.4. The number of nitrogens with zero attached hydrogens (tertiary/aromatic N) is 3. The van der Waals surface area contributed by atoms with Gasteiger partial charge in [-0.2, -0.15) is 5.26 Å². The van der Waals surface area contributed by atoms with E-state index < -0.39 is 10.0 Å². The quantitative estimate of drug-likeness (QED) is 0.351. The molecule has 0 radical (unpaired) electrons. The highest BCUT2D eigenvalue weighted by Crippen LogP contribution is 2.26. The highest BCUT2D eigenvalue weighted by molar-refractivity contribution is 7.93. The van der Waals surface area contributed by atoms with Crippen LogP contribution in [0.15, 0.2) is 76.6 Å². The number of rotatable bonds is 7. The Balaban J connectivity index is 1.47. The average Bonchev–Trinajstić information content (AvgIpc) is 3.47. The molecule has 0 atom stereocenters. The van der Waals surface area contributed by atoms with E-state index in [4.69, 9.17) is 0 Å². The Labute approximate surface area is 191 Å². The summed E-state index contributed by atoms with van der Waals surface area (Å²) in [6.45, 7) is 0. The minimum Gasteiger partial charge on any atom is -0.360 e. The van der Waals surface area contributed by atoms with Crippen molar-refractivity contribution in [3.05, 3.63) is 82.5 Å². The van der Waals surface area contributed by atoms with Gasteiger partial charge in [-0.1, -0.05) is 0 Å². The minimum atomic E-state index is -3.73. The van der Waals surface area contributed by atoms with Crippen LogP contribution in [-0.2, 0) is 10.0 Å². The highest BCUT2D eigenvalue weighted by atomic mass is 32.2. The number of nitriles is 1. The lowest BCUT2D eigenvalue weighted by molar-refractivity contribution is 0.601. The fraction of sp³-hybridized carbons (Fsp3) is 0. The molecular formula is C21H14FN5O2S3. The summed E-state index contributed by atoms with van der Waals surface area (Å²) in [5, 5.41) is 16.8. The maximum atomic E-state index is 13.1. The third kappa shape index (κ3) is 5.00. The zero-order valence-corrected chi connectivity index (χ0v) is 18.6. The Bertz CT molecular complexity index is 1390. The Morgan fingerprint density at radius 3 is 2.50 bits per heavy atom. The third-order valence-electron chi connectivity index (χ3n) is 4.20. The fourth-order valence-electron chi connectivity index (χ4n) is 2.63. The molecule has 160 valence electrons. The van der Waals surface area contributed by atoms with Crippen LogP contribution >= 0.6 is 22.7 Å². The molecule has 0 saturated carbocycles. The molecule has 32 heavy (non-hydrogen) atoms. The van der Waals surface area contributed by atoms with Gasteiger partial charge in [0.15, 0.2) is 5.13 Å². The van der Waals surface area contributed by atoms with Gasteiger partial charge in [-0.3, -0.25) is 4.72 Å². The maximum absolute atomic E-state index is 13.1. The summed E-state index contributed by atoms with van der Waals surface area (Å²) in [4.78, 5) is 8.45. The molecule has 2 aromatic heterocycles. The van der Waals surface area contributed by atoms with E-state index in [2.05, 4.69) is 26.1 Å². The largest absolute Gasteiger partial charge is 0.360 e. The molecule has 0 fully saturated rings. The molecule has 0 aliphatic carbocycles. The lowest BCUT2D eigenvalue weighted by Crippen LogP contribution is -2.12. The number of thiazole rings is 2. The van der Waals surface area contributed by atoms with Crippen LogP contribution in [0.4, 0.5) is 15.2 Å². The van der Waals surface area contributed by atoms with Crippen molar-refractivity contribution in [2.24, 2.45) is 0 Å². The number of allylic oxidation sites excluding steroid dienone is 1. The molecule has 0 saturated heterocycles. The van der Waals surface area contributed by atoms with Crippen molar-refractivity contribution in [3.8, 4) is 17.3 Å². The van der Waals surface area contributed by atoms with Crippen molar-refractivity contribution >= 4 is 49.1 Å². The van der Waals surface area contributed by atoms with Crippen LogP contribution in [0.1, 0.15) is 5.01 Å². The number of hydrogen-bond acceptors (Lipinski definition) is 8. The molecular weight excluding hydrogens is 469 g/mol. The molecule has 4 rings (SSSR count). The summed E-state index contributed by atoms with van der Waals surface area (Å²) >= 11 is 2.48. The van der Waals surface area contributed by atoms with E-state index in [1.54, 1.807) is 35.0 Å². The fourth-order valence-corrected chi connectivity index (χ4v) is 5.21. The third-order valence-corrected chi connectivity index (χ3v) is 7.24. The van der Waals surface area contributed by atoms with Crippen molar-refractivity contribution in [2.75, 3.05) is 10.0 Å². The lowest BCUT2D eigenvalue weighted by atomic mass is 10.2. The second-order valence-electron chi connectivity index (χ2n) is 6.33. The Morgan fingerprint density at radius 2 is 1.84 bits per heavy atom. The summed E-state index contributed by atoms with van der Waals surface area (Å²) in [6.07, 6.45) is 3.02. The summed E-state index contributed by atoms with van der Waals surface area (Å²) in [5.74, 6) is -0.330. The summed E-state index contributed by atoms with van der Waals surface area (Å²) < 4.78 is 40.3. The Hall–Kier alpha value is -3.59. The molecule has 11 heteroatoms. The normalized spacial score (nSPS) is 11.7. The number of aromatic nitrogens is 2. The molecule has 2 aromatic carbocycles. The molecule has 7 nitrogen and oxygen atoms in total. The average molecular weight is 484 g/mol. The molecule has 4 aromatic rings. The first kappa shape index (κ1) is 21.6. The van der Waals surface area contributed by atoms with Gasteiger partial charge in [-0.05, 0) is 48.5 Å². The predicted molar refractivity (Wildman–Crippen MR) is 124 cm³/mol. The standard InChI is InChI=1S/C21H14FN5O2S3/c22-16-3-1-14(2-4-16)19-13-31-20(26-19)15(11-23)12-25-17-5-7-18(8-6-17)32(28,29)27-21-24-9-10-30-21/h1-10,12-13,25H,(H,24,27)/b15-12+. The topological polar surface area (TPSA) is 108 Å². The summed E-state index contributed by atoms with van der Waals surface area (Å²) in [6, 6.07) is 14.1. The van der Waals surface area contributed by atoms with Gasteiger partial charge in [0.25, 0.3) is 10.0 Å². The van der Waals surface area contributed by atoms with Gasteiger partial charge in [-0.25, -0.2) is 22.8 Å². The van der Waals surface area contributed by atoms with E-state index in [1.165, 1.54) is 59.3 Å². The van der Waals surface area contributed by atoms with Crippen molar-refractivity contribution < 1.29 is 12.8 Å². The van der Waals surface area contributed by atoms with Gasteiger partial charge < -0.3 is 5.32 Å². The van der Waals surface area contributed by atoms with E-state index in [1.807, 2.05) is 0 Å². The van der Waals surface area contributed by atoms with Crippen LogP contribution in [0.3, 0.4) is 0 Å². The molecule has 0 amide bonds. The van der Waals surface area contributed by atoms with Crippen LogP contribution in [0.25, 0.3) is 16.8 Å². The van der Waals surface area contributed by atoms with E-state index in [9.17, 15) is 18.1 Å². The van der Waals surface area contributed by atoms with Crippen LogP contribution < -0.4 is 10.0 Å². The SMILES string of the molecule is N#C/C(=C\Nc1ccc(S(=O)(=O)Nc2nccs2)cc1)c1nc(-c2ccc(F)cc2)cs1. The van der Waals surface area contributed by atoms with Crippen molar-refractivity contribution in [3.63, 3.8) is 0 Å². The van der Waals surface area contributed by atoms with E-state index in [0.717, 1.165) is 5.56 Å². The van der Waals surface area contributed by atoms with Crippen molar-refractivity contribution in [1.29, 1.82) is 5.26 Å². The van der Waals surface area contributed by atoms with Gasteiger partial charge in [0, 0.05) is 34.4 Å². The monoisotopic (exact) mass is 483 g/mol. The lowest BCUT2D eigenvalue weighted by Gasteiger charge is -2.06. The number of anilines is 2. The second kappa shape index (κ2) is 9.27. The highest BCUT2D eigenvalue weighted by Gasteiger charge is 2.15. The second-order valence-corrected chi connectivity index (χ2v) is 9.76. The number of halogens is 1. The summed E-state index contributed by atoms with van der Waals surface area (Å²) in [5.41, 5.74) is 2.31. The molecule has 2 N–H and O–H groups in total. The van der Waals surface area contributed by atoms with Crippen molar-refractivity contribution in [2.45, 2.75) is 4.90 Å². The van der Waals surface area contributed by atoms with Crippen LogP contribution in [0.2, 0.25) is 0 Å². The van der Waals surface area contributed by atoms with E-state index >= 15 is 0 Å². The maximum Gasteiger partial charge on any atom is 0.263 e. The van der Waals surface area contributed by atoms with Crippen LogP contribution in [0.5, 0.6) is 0 Å². The summed E-state index contributed by atoms with van der Waals surface area (Å²) in [7, 11) is -3.73. The van der Waals surface area contributed by atoms with E-state index in [0.29, 0.717) is 22.0 Å². The molecule has 0 spiro atoms. The number of nitrogens with one attached hydrogen (secondary N) is 2. The van der Waals surface area contributed by atoms with Gasteiger partial charge in [0.1, 0.15) is 22.5 Å². The minimum absolute atomic E-state index is 0.0894. The Kier molecular flexibility index (Phi) is 6.27. The predicted octanol–water partition coefficient (Wildman–Crippen LogP) is 5.18. The van der Waals surface area contributed by atoms with Crippen molar-refractivity contribution in [1.82, 2.24) is 9.97 Å². The molecule has 2 heterocycles.